The second-order valence-electron chi connectivity index (χ2n) is 4.45. The fraction of sp³-hybridized carbons (Fsp3) is 0.143. The summed E-state index contributed by atoms with van der Waals surface area (Å²) in [6.07, 6.45) is 0. The van der Waals surface area contributed by atoms with E-state index in [2.05, 4.69) is 10.3 Å². The van der Waals surface area contributed by atoms with Gasteiger partial charge in [0, 0.05) is 5.56 Å². The standard InChI is InChI=1S/C14H10Cl2N2O3/c1-7-4-11(15)17-13(16)12(7)18-14(19)8-2-3-9-10(5-8)21-6-20-9/h2-5H,6H2,1H3,(H,18,19). The van der Waals surface area contributed by atoms with E-state index in [0.717, 1.165) is 5.56 Å². The SMILES string of the molecule is Cc1cc(Cl)nc(Cl)c1NC(=O)c1ccc2c(c1)OCO2. The molecule has 3 rings (SSSR count). The van der Waals surface area contributed by atoms with E-state index in [4.69, 9.17) is 32.7 Å². The van der Waals surface area contributed by atoms with Crippen molar-refractivity contribution >= 4 is 34.8 Å². The highest BCUT2D eigenvalue weighted by molar-refractivity contribution is 6.35. The first-order valence-corrected chi connectivity index (χ1v) is 6.84. The Bertz CT molecular complexity index is 711. The number of anilines is 1. The van der Waals surface area contributed by atoms with Gasteiger partial charge in [0.1, 0.15) is 5.15 Å². The third kappa shape index (κ3) is 2.75. The number of hydrogen-bond acceptors (Lipinski definition) is 4. The highest BCUT2D eigenvalue weighted by Crippen LogP contribution is 2.33. The van der Waals surface area contributed by atoms with Gasteiger partial charge in [0.2, 0.25) is 6.79 Å². The number of halogens is 2. The predicted molar refractivity (Wildman–Crippen MR) is 79.5 cm³/mol. The number of benzene rings is 1. The zero-order chi connectivity index (χ0) is 15.0. The molecule has 0 saturated heterocycles. The van der Waals surface area contributed by atoms with E-state index in [1.54, 1.807) is 31.2 Å². The second kappa shape index (κ2) is 5.42. The number of carbonyl (C=O) groups excluding carboxylic acids is 1. The van der Waals surface area contributed by atoms with Gasteiger partial charge >= 0.3 is 0 Å². The first-order valence-electron chi connectivity index (χ1n) is 6.08. The van der Waals surface area contributed by atoms with Crippen LogP contribution in [0.25, 0.3) is 0 Å². The van der Waals surface area contributed by atoms with Crippen LogP contribution in [0.5, 0.6) is 11.5 Å². The molecule has 21 heavy (non-hydrogen) atoms. The molecule has 1 aliphatic heterocycles. The highest BCUT2D eigenvalue weighted by atomic mass is 35.5. The molecule has 1 aliphatic rings. The second-order valence-corrected chi connectivity index (χ2v) is 5.20. The number of pyridine rings is 1. The normalized spacial score (nSPS) is 12.3. The maximum Gasteiger partial charge on any atom is 0.255 e. The van der Waals surface area contributed by atoms with Crippen LogP contribution in [-0.4, -0.2) is 17.7 Å². The molecule has 1 N–H and O–H groups in total. The molecule has 1 aromatic heterocycles. The third-order valence-corrected chi connectivity index (χ3v) is 3.48. The lowest BCUT2D eigenvalue weighted by atomic mass is 10.1. The lowest BCUT2D eigenvalue weighted by molar-refractivity contribution is 0.102. The van der Waals surface area contributed by atoms with Gasteiger partial charge < -0.3 is 14.8 Å². The number of fused-ring (bicyclic) bond motifs is 1. The van der Waals surface area contributed by atoms with Crippen LogP contribution in [-0.2, 0) is 0 Å². The van der Waals surface area contributed by atoms with Crippen LogP contribution in [0.4, 0.5) is 5.69 Å². The van der Waals surface area contributed by atoms with Gasteiger partial charge in [-0.2, -0.15) is 0 Å². The fourth-order valence-electron chi connectivity index (χ4n) is 1.97. The molecule has 0 aliphatic carbocycles. The van der Waals surface area contributed by atoms with Crippen molar-refractivity contribution < 1.29 is 14.3 Å². The van der Waals surface area contributed by atoms with Crippen LogP contribution >= 0.6 is 23.2 Å². The van der Waals surface area contributed by atoms with Gasteiger partial charge in [-0.15, -0.1) is 0 Å². The van der Waals surface area contributed by atoms with E-state index in [1.165, 1.54) is 0 Å². The van der Waals surface area contributed by atoms with Crippen molar-refractivity contribution in [2.45, 2.75) is 6.92 Å². The average molecular weight is 325 g/mol. The molecule has 108 valence electrons. The lowest BCUT2D eigenvalue weighted by Gasteiger charge is -2.10. The Labute approximate surface area is 130 Å². The van der Waals surface area contributed by atoms with Crippen LogP contribution in [0.2, 0.25) is 10.3 Å². The molecule has 2 aromatic rings. The highest BCUT2D eigenvalue weighted by Gasteiger charge is 2.18. The molecule has 0 radical (unpaired) electrons. The van der Waals surface area contributed by atoms with E-state index in [9.17, 15) is 4.79 Å². The molecule has 0 bridgehead atoms. The number of nitrogens with one attached hydrogen (secondary N) is 1. The molecule has 2 heterocycles. The lowest BCUT2D eigenvalue weighted by Crippen LogP contribution is -2.13. The molecule has 0 fully saturated rings. The summed E-state index contributed by atoms with van der Waals surface area (Å²) < 4.78 is 10.4. The number of amides is 1. The Morgan fingerprint density at radius 3 is 2.76 bits per heavy atom. The first-order chi connectivity index (χ1) is 10.0. The molecule has 1 amide bonds. The van der Waals surface area contributed by atoms with Crippen LogP contribution in [0.1, 0.15) is 15.9 Å². The number of aryl methyl sites for hydroxylation is 1. The summed E-state index contributed by atoms with van der Waals surface area (Å²) in [6.45, 7) is 1.95. The molecule has 0 spiro atoms. The Morgan fingerprint density at radius 1 is 1.24 bits per heavy atom. The Balaban J connectivity index is 1.87. The Hall–Kier alpha value is -1.98. The molecule has 5 nitrogen and oxygen atoms in total. The molecular formula is C14H10Cl2N2O3. The maximum atomic E-state index is 12.3. The van der Waals surface area contributed by atoms with Crippen LogP contribution < -0.4 is 14.8 Å². The molecule has 0 atom stereocenters. The van der Waals surface area contributed by atoms with Crippen molar-refractivity contribution in [2.75, 3.05) is 12.1 Å². The third-order valence-electron chi connectivity index (χ3n) is 3.01. The average Bonchev–Trinajstić information content (AvgIpc) is 2.89. The van der Waals surface area contributed by atoms with Crippen molar-refractivity contribution in [3.05, 3.63) is 45.7 Å². The van der Waals surface area contributed by atoms with Gasteiger partial charge in [-0.25, -0.2) is 4.98 Å². The topological polar surface area (TPSA) is 60.5 Å². The molecular weight excluding hydrogens is 315 g/mol. The smallest absolute Gasteiger partial charge is 0.255 e. The van der Waals surface area contributed by atoms with E-state index < -0.39 is 0 Å². The van der Waals surface area contributed by atoms with Gasteiger partial charge in [-0.3, -0.25) is 4.79 Å². The number of nitrogens with zero attached hydrogens (tertiary/aromatic N) is 1. The quantitative estimate of drug-likeness (QED) is 0.856. The number of aromatic nitrogens is 1. The minimum atomic E-state index is -0.317. The van der Waals surface area contributed by atoms with Gasteiger partial charge in [-0.05, 0) is 36.8 Å². The zero-order valence-corrected chi connectivity index (χ0v) is 12.5. The summed E-state index contributed by atoms with van der Waals surface area (Å²) >= 11 is 11.8. The van der Waals surface area contributed by atoms with Crippen LogP contribution in [0.3, 0.4) is 0 Å². The maximum absolute atomic E-state index is 12.3. The fourth-order valence-corrected chi connectivity index (χ4v) is 2.55. The largest absolute Gasteiger partial charge is 0.454 e. The van der Waals surface area contributed by atoms with Gasteiger partial charge in [0.25, 0.3) is 5.91 Å². The minimum Gasteiger partial charge on any atom is -0.454 e. The molecule has 0 unspecified atom stereocenters. The number of rotatable bonds is 2. The Morgan fingerprint density at radius 2 is 2.00 bits per heavy atom. The van der Waals surface area contributed by atoms with E-state index in [0.29, 0.717) is 22.7 Å². The summed E-state index contributed by atoms with van der Waals surface area (Å²) in [4.78, 5) is 16.2. The Kier molecular flexibility index (Phi) is 3.61. The number of carbonyl (C=O) groups is 1. The summed E-state index contributed by atoms with van der Waals surface area (Å²) in [6, 6.07) is 6.58. The minimum absolute atomic E-state index is 0.147. The molecule has 7 heteroatoms. The van der Waals surface area contributed by atoms with E-state index in [-0.39, 0.29) is 23.0 Å². The van der Waals surface area contributed by atoms with Crippen molar-refractivity contribution in [3.8, 4) is 11.5 Å². The van der Waals surface area contributed by atoms with Gasteiger partial charge in [-0.1, -0.05) is 23.2 Å². The van der Waals surface area contributed by atoms with Crippen molar-refractivity contribution in [2.24, 2.45) is 0 Å². The summed E-state index contributed by atoms with van der Waals surface area (Å²) in [5.41, 5.74) is 1.60. The van der Waals surface area contributed by atoms with Crippen LogP contribution in [0, 0.1) is 6.92 Å². The number of ether oxygens (including phenoxy) is 2. The van der Waals surface area contributed by atoms with E-state index >= 15 is 0 Å². The number of hydrogen-bond donors (Lipinski definition) is 1. The van der Waals surface area contributed by atoms with Crippen molar-refractivity contribution in [3.63, 3.8) is 0 Å². The summed E-state index contributed by atoms with van der Waals surface area (Å²) in [5, 5.41) is 3.15. The monoisotopic (exact) mass is 324 g/mol. The molecule has 1 aromatic carbocycles. The molecule has 0 saturated carbocycles. The predicted octanol–water partition coefficient (Wildman–Crippen LogP) is 3.68. The summed E-state index contributed by atoms with van der Waals surface area (Å²) in [5.74, 6) is 0.844. The van der Waals surface area contributed by atoms with Gasteiger partial charge in [0.15, 0.2) is 16.7 Å². The van der Waals surface area contributed by atoms with Crippen LogP contribution in [0.15, 0.2) is 24.3 Å². The zero-order valence-electron chi connectivity index (χ0n) is 10.9. The van der Waals surface area contributed by atoms with Gasteiger partial charge in [0.05, 0.1) is 5.69 Å². The summed E-state index contributed by atoms with van der Waals surface area (Å²) in [7, 11) is 0. The van der Waals surface area contributed by atoms with Crippen molar-refractivity contribution in [1.29, 1.82) is 0 Å². The van der Waals surface area contributed by atoms with E-state index in [1.807, 2.05) is 0 Å². The first kappa shape index (κ1) is 14.0. The van der Waals surface area contributed by atoms with Crippen molar-refractivity contribution in [1.82, 2.24) is 4.98 Å².